The van der Waals surface area contributed by atoms with Gasteiger partial charge in [-0.3, -0.25) is 9.59 Å². The molecule has 1 aliphatic heterocycles. The molecule has 0 unspecified atom stereocenters. The summed E-state index contributed by atoms with van der Waals surface area (Å²) in [4.78, 5) is 23.2. The van der Waals surface area contributed by atoms with E-state index in [2.05, 4.69) is 15.5 Å². The Hall–Kier alpha value is -3.81. The van der Waals surface area contributed by atoms with Gasteiger partial charge >= 0.3 is 0 Å². The van der Waals surface area contributed by atoms with E-state index in [1.165, 1.54) is 6.07 Å². The van der Waals surface area contributed by atoms with Crippen molar-refractivity contribution in [2.75, 3.05) is 18.7 Å². The minimum atomic E-state index is -0.286. The van der Waals surface area contributed by atoms with Crippen molar-refractivity contribution in [3.8, 4) is 17.2 Å². The minimum absolute atomic E-state index is 0.130. The summed E-state index contributed by atoms with van der Waals surface area (Å²) in [6, 6.07) is 15.7. The molecule has 0 spiro atoms. The Bertz CT molecular complexity index is 1040. The lowest BCUT2D eigenvalue weighted by atomic mass is 10.1. The zero-order chi connectivity index (χ0) is 19.3. The zero-order valence-corrected chi connectivity index (χ0v) is 14.8. The molecule has 0 aliphatic carbocycles. The molecule has 2 N–H and O–H groups in total. The molecule has 1 aromatic heterocycles. The highest BCUT2D eigenvalue weighted by molar-refractivity contribution is 5.92. The molecule has 28 heavy (non-hydrogen) atoms. The molecule has 0 bridgehead atoms. The maximum absolute atomic E-state index is 12.1. The van der Waals surface area contributed by atoms with Gasteiger partial charge in [0.05, 0.1) is 5.69 Å². The number of fused-ring (bicyclic) bond motifs is 1. The van der Waals surface area contributed by atoms with E-state index in [1.807, 2.05) is 18.2 Å². The van der Waals surface area contributed by atoms with Crippen LogP contribution >= 0.6 is 0 Å². The first-order valence-electron chi connectivity index (χ1n) is 8.61. The van der Waals surface area contributed by atoms with Crippen molar-refractivity contribution < 1.29 is 19.0 Å². The summed E-state index contributed by atoms with van der Waals surface area (Å²) in [5.74, 6) is 1.54. The van der Waals surface area contributed by atoms with Gasteiger partial charge in [-0.1, -0.05) is 12.1 Å². The molecule has 1 amide bonds. The van der Waals surface area contributed by atoms with Crippen LogP contribution in [-0.4, -0.2) is 29.5 Å². The van der Waals surface area contributed by atoms with E-state index in [1.54, 1.807) is 30.3 Å². The van der Waals surface area contributed by atoms with E-state index < -0.39 is 0 Å². The Kier molecular flexibility index (Phi) is 4.92. The van der Waals surface area contributed by atoms with Crippen molar-refractivity contribution in [1.29, 1.82) is 0 Å². The van der Waals surface area contributed by atoms with Crippen LogP contribution in [0.15, 0.2) is 59.4 Å². The second-order valence-electron chi connectivity index (χ2n) is 6.14. The van der Waals surface area contributed by atoms with Crippen molar-refractivity contribution in [2.24, 2.45) is 0 Å². The number of carbonyl (C=O) groups is 1. The first kappa shape index (κ1) is 17.6. The molecule has 2 aromatic carbocycles. The monoisotopic (exact) mass is 379 g/mol. The second-order valence-corrected chi connectivity index (χ2v) is 6.14. The van der Waals surface area contributed by atoms with Crippen LogP contribution in [0.25, 0.3) is 0 Å². The van der Waals surface area contributed by atoms with Crippen LogP contribution in [0.4, 0.5) is 5.69 Å². The Morgan fingerprint density at radius 1 is 1.11 bits per heavy atom. The van der Waals surface area contributed by atoms with Crippen LogP contribution in [0, 0.1) is 0 Å². The van der Waals surface area contributed by atoms with Crippen molar-refractivity contribution in [2.45, 2.75) is 6.42 Å². The maximum Gasteiger partial charge on any atom is 0.264 e. The van der Waals surface area contributed by atoms with Crippen LogP contribution in [0.1, 0.15) is 11.3 Å². The normalized spacial score (nSPS) is 11.9. The number of carbonyl (C=O) groups excluding carboxylic acids is 1. The lowest BCUT2D eigenvalue weighted by Crippen LogP contribution is -2.20. The van der Waals surface area contributed by atoms with Gasteiger partial charge in [0.1, 0.15) is 5.75 Å². The molecule has 0 radical (unpaired) electrons. The fourth-order valence-electron chi connectivity index (χ4n) is 2.75. The summed E-state index contributed by atoms with van der Waals surface area (Å²) >= 11 is 0. The Balaban J connectivity index is 1.33. The third-order valence-corrected chi connectivity index (χ3v) is 4.05. The van der Waals surface area contributed by atoms with E-state index >= 15 is 0 Å². The number of H-pyrrole nitrogens is 1. The van der Waals surface area contributed by atoms with Crippen LogP contribution in [-0.2, 0) is 11.2 Å². The van der Waals surface area contributed by atoms with Gasteiger partial charge in [-0.15, -0.1) is 0 Å². The fraction of sp³-hybridized carbons (Fsp3) is 0.150. The first-order valence-corrected chi connectivity index (χ1v) is 8.61. The first-order chi connectivity index (χ1) is 13.7. The third-order valence-electron chi connectivity index (χ3n) is 4.05. The van der Waals surface area contributed by atoms with Crippen molar-refractivity contribution in [3.05, 3.63) is 76.2 Å². The van der Waals surface area contributed by atoms with Gasteiger partial charge in [0, 0.05) is 24.2 Å². The number of ether oxygens (including phenoxy) is 3. The summed E-state index contributed by atoms with van der Waals surface area (Å²) in [6.45, 7) is 0.0512. The number of rotatable bonds is 6. The number of anilines is 1. The number of aromatic nitrogens is 2. The predicted octanol–water partition coefficient (Wildman–Crippen LogP) is 2.11. The van der Waals surface area contributed by atoms with E-state index in [0.717, 1.165) is 11.3 Å². The molecule has 0 fully saturated rings. The predicted molar refractivity (Wildman–Crippen MR) is 101 cm³/mol. The number of nitrogens with zero attached hydrogens (tertiary/aromatic N) is 1. The van der Waals surface area contributed by atoms with E-state index in [4.69, 9.17) is 14.2 Å². The molecule has 1 aliphatic rings. The van der Waals surface area contributed by atoms with Crippen LogP contribution in [0.5, 0.6) is 17.2 Å². The Morgan fingerprint density at radius 3 is 2.86 bits per heavy atom. The average molecular weight is 379 g/mol. The minimum Gasteiger partial charge on any atom is -0.484 e. The number of nitrogens with one attached hydrogen (secondary N) is 2. The fourth-order valence-corrected chi connectivity index (χ4v) is 2.75. The SMILES string of the molecule is O=C(COc1cccc(Cc2ccc(=O)[nH]n2)c1)Nc1ccc2c(c1)OCO2. The highest BCUT2D eigenvalue weighted by Crippen LogP contribution is 2.34. The maximum atomic E-state index is 12.1. The summed E-state index contributed by atoms with van der Waals surface area (Å²) < 4.78 is 16.1. The number of aromatic amines is 1. The molecule has 0 atom stereocenters. The number of amides is 1. The van der Waals surface area contributed by atoms with Gasteiger partial charge in [0.15, 0.2) is 18.1 Å². The van der Waals surface area contributed by atoms with E-state index in [-0.39, 0.29) is 24.9 Å². The number of hydrogen-bond acceptors (Lipinski definition) is 6. The number of hydrogen-bond donors (Lipinski definition) is 2. The highest BCUT2D eigenvalue weighted by Gasteiger charge is 2.14. The standard InChI is InChI=1S/C20H17N3O5/c24-19-7-5-15(22-23-19)8-13-2-1-3-16(9-13)26-11-20(25)21-14-4-6-17-18(10-14)28-12-27-17/h1-7,9-10H,8,11-12H2,(H,21,25)(H,23,24). The van der Waals surface area contributed by atoms with E-state index in [9.17, 15) is 9.59 Å². The smallest absolute Gasteiger partial charge is 0.264 e. The zero-order valence-electron chi connectivity index (χ0n) is 14.8. The lowest BCUT2D eigenvalue weighted by molar-refractivity contribution is -0.118. The molecule has 142 valence electrons. The van der Waals surface area contributed by atoms with Gasteiger partial charge in [-0.25, -0.2) is 5.10 Å². The largest absolute Gasteiger partial charge is 0.484 e. The Morgan fingerprint density at radius 2 is 2.00 bits per heavy atom. The Labute approximate surface area is 160 Å². The molecule has 8 heteroatoms. The molecule has 8 nitrogen and oxygen atoms in total. The van der Waals surface area contributed by atoms with E-state index in [0.29, 0.717) is 29.4 Å². The molecule has 4 rings (SSSR count). The van der Waals surface area contributed by atoms with Crippen LogP contribution < -0.4 is 25.1 Å². The van der Waals surface area contributed by atoms with Gasteiger partial charge in [-0.2, -0.15) is 5.10 Å². The van der Waals surface area contributed by atoms with Gasteiger partial charge in [0.2, 0.25) is 6.79 Å². The van der Waals surface area contributed by atoms with Crippen molar-refractivity contribution in [1.82, 2.24) is 10.2 Å². The highest BCUT2D eigenvalue weighted by atomic mass is 16.7. The lowest BCUT2D eigenvalue weighted by Gasteiger charge is -2.09. The topological polar surface area (TPSA) is 103 Å². The molecular weight excluding hydrogens is 362 g/mol. The van der Waals surface area contributed by atoms with Crippen LogP contribution in [0.2, 0.25) is 0 Å². The summed E-state index contributed by atoms with van der Waals surface area (Å²) in [6.07, 6.45) is 0.539. The summed E-state index contributed by atoms with van der Waals surface area (Å²) in [5, 5.41) is 9.15. The number of benzene rings is 2. The van der Waals surface area contributed by atoms with Crippen molar-refractivity contribution in [3.63, 3.8) is 0 Å². The summed E-state index contributed by atoms with van der Waals surface area (Å²) in [5.41, 5.74) is 2.05. The van der Waals surface area contributed by atoms with Crippen molar-refractivity contribution >= 4 is 11.6 Å². The second kappa shape index (κ2) is 7.83. The summed E-state index contributed by atoms with van der Waals surface area (Å²) in [7, 11) is 0. The molecule has 3 aromatic rings. The average Bonchev–Trinajstić information content (AvgIpc) is 3.16. The molecule has 0 saturated heterocycles. The quantitative estimate of drug-likeness (QED) is 0.680. The van der Waals surface area contributed by atoms with Crippen LogP contribution in [0.3, 0.4) is 0 Å². The van der Waals surface area contributed by atoms with Gasteiger partial charge in [-0.05, 0) is 35.9 Å². The van der Waals surface area contributed by atoms with Gasteiger partial charge in [0.25, 0.3) is 11.5 Å². The molecular formula is C20H17N3O5. The molecule has 2 heterocycles. The molecule has 0 saturated carbocycles. The van der Waals surface area contributed by atoms with Gasteiger partial charge < -0.3 is 19.5 Å². The third kappa shape index (κ3) is 4.29.